The maximum atomic E-state index is 5.04. The van der Waals surface area contributed by atoms with Crippen LogP contribution in [0, 0.1) is 25.3 Å². The Hall–Kier alpha value is 0.908. The number of hydrogen-bond acceptors (Lipinski definition) is 0. The van der Waals surface area contributed by atoms with Gasteiger partial charge in [0.25, 0.3) is 0 Å². The molecule has 0 saturated carbocycles. The third kappa shape index (κ3) is 17.1. The first-order valence-electron chi connectivity index (χ1n) is 2.82. The summed E-state index contributed by atoms with van der Waals surface area (Å²) in [5.41, 5.74) is 0. The van der Waals surface area contributed by atoms with Gasteiger partial charge in [-0.1, -0.05) is 0 Å². The van der Waals surface area contributed by atoms with Crippen molar-refractivity contribution in [2.24, 2.45) is 0 Å². The molecule has 0 aliphatic heterocycles. The molecule has 0 aromatic rings. The zero-order valence-electron chi connectivity index (χ0n) is 6.77. The minimum atomic E-state index is 0. The molecule has 0 nitrogen and oxygen atoms in total. The Kier molecular flexibility index (Phi) is 27.7. The van der Waals surface area contributed by atoms with Gasteiger partial charge in [-0.05, 0) is 0 Å². The molecular weight excluding hydrogens is 298 g/mol. The van der Waals surface area contributed by atoms with Crippen LogP contribution in [0.5, 0.6) is 0 Å². The summed E-state index contributed by atoms with van der Waals surface area (Å²) in [6.07, 6.45) is 14.9. The molecule has 0 aliphatic rings. The summed E-state index contributed by atoms with van der Waals surface area (Å²) in [6, 6.07) is 0. The average Bonchev–Trinajstić information content (AvgIpc) is 1.97. The fraction of sp³-hybridized carbons (Fsp3) is 0. The van der Waals surface area contributed by atoms with Gasteiger partial charge in [0.1, 0.15) is 0 Å². The van der Waals surface area contributed by atoms with Crippen molar-refractivity contribution in [2.75, 3.05) is 0 Å². The predicted molar refractivity (Wildman–Crippen MR) is 42.5 cm³/mol. The van der Waals surface area contributed by atoms with Crippen LogP contribution in [0.25, 0.3) is 0 Å². The van der Waals surface area contributed by atoms with E-state index in [1.54, 1.807) is 24.3 Å². The molecule has 0 heterocycles. The first kappa shape index (κ1) is 18.6. The molecule has 0 rings (SSSR count). The van der Waals surface area contributed by atoms with Crippen molar-refractivity contribution >= 4 is 0 Å². The van der Waals surface area contributed by atoms with Gasteiger partial charge in [0, 0.05) is 65.4 Å². The predicted octanol–water partition coefficient (Wildman–Crippen LogP) is 2.23. The standard InChI is InChI=1S/C10H8.2Y/c1-3-5-7-9-10-8-6-4-2;;/h1-6,9-10H;;/q-4;;/b10-9+;;. The molecule has 0 N–H and O–H groups in total. The van der Waals surface area contributed by atoms with Gasteiger partial charge < -0.3 is 49.6 Å². The van der Waals surface area contributed by atoms with Gasteiger partial charge >= 0.3 is 0 Å². The average molecular weight is 306 g/mol. The molecule has 0 aliphatic carbocycles. The summed E-state index contributed by atoms with van der Waals surface area (Å²) in [4.78, 5) is 0. The van der Waals surface area contributed by atoms with Crippen molar-refractivity contribution in [2.45, 2.75) is 0 Å². The second kappa shape index (κ2) is 17.9. The molecule has 0 amide bonds. The van der Waals surface area contributed by atoms with E-state index in [1.165, 1.54) is 12.2 Å². The Morgan fingerprint density at radius 1 is 0.750 bits per heavy atom. The normalized spacial score (nSPS) is 9.67. The molecule has 12 heavy (non-hydrogen) atoms. The summed E-state index contributed by atoms with van der Waals surface area (Å²) >= 11 is 0. The zero-order valence-corrected chi connectivity index (χ0v) is 12.5. The van der Waals surface area contributed by atoms with Gasteiger partial charge in [0.05, 0.1) is 0 Å². The fourth-order valence-corrected chi connectivity index (χ4v) is 0.318. The van der Waals surface area contributed by atoms with Crippen LogP contribution >= 0.6 is 0 Å². The molecule has 0 unspecified atom stereocenters. The van der Waals surface area contributed by atoms with Crippen LogP contribution in [-0.2, 0) is 65.4 Å². The van der Waals surface area contributed by atoms with Gasteiger partial charge in [-0.25, -0.2) is 0 Å². The summed E-state index contributed by atoms with van der Waals surface area (Å²) in [5, 5.41) is 0. The first-order chi connectivity index (χ1) is 4.91. The van der Waals surface area contributed by atoms with E-state index >= 15 is 0 Å². The van der Waals surface area contributed by atoms with E-state index in [0.717, 1.165) is 0 Å². The van der Waals surface area contributed by atoms with Crippen LogP contribution in [-0.4, -0.2) is 0 Å². The number of allylic oxidation sites excluding steroid dienone is 8. The van der Waals surface area contributed by atoms with Gasteiger partial charge in [0.2, 0.25) is 0 Å². The second-order valence-corrected chi connectivity index (χ2v) is 1.38. The molecule has 2 heteroatoms. The van der Waals surface area contributed by atoms with Gasteiger partial charge in [-0.15, -0.1) is 0 Å². The molecule has 58 valence electrons. The molecule has 0 aromatic heterocycles. The van der Waals surface area contributed by atoms with E-state index in [9.17, 15) is 0 Å². The van der Waals surface area contributed by atoms with E-state index in [0.29, 0.717) is 0 Å². The van der Waals surface area contributed by atoms with E-state index in [-0.39, 0.29) is 65.4 Å². The third-order valence-electron chi connectivity index (χ3n) is 0.661. The van der Waals surface area contributed by atoms with Crippen molar-refractivity contribution in [3.63, 3.8) is 0 Å². The monoisotopic (exact) mass is 306 g/mol. The Bertz CT molecular complexity index is 156. The van der Waals surface area contributed by atoms with E-state index in [2.05, 4.69) is 12.2 Å². The Labute approximate surface area is 125 Å². The largest absolute Gasteiger partial charge is 0.361 e. The minimum Gasteiger partial charge on any atom is -0.361 e. The van der Waals surface area contributed by atoms with Crippen LogP contribution in [0.15, 0.2) is 36.5 Å². The first-order valence-corrected chi connectivity index (χ1v) is 2.82. The molecule has 0 atom stereocenters. The van der Waals surface area contributed by atoms with E-state index in [1.807, 2.05) is 0 Å². The van der Waals surface area contributed by atoms with Crippen LogP contribution < -0.4 is 0 Å². The summed E-state index contributed by atoms with van der Waals surface area (Å²) < 4.78 is 0. The molecular formula is C10H8Y2-4. The smallest absolute Gasteiger partial charge is 0 e. The SMILES string of the molecule is [CH-]=CC=[C-]/C=C/[C-]=CC=[CH-].[Y].[Y]. The van der Waals surface area contributed by atoms with E-state index < -0.39 is 0 Å². The topological polar surface area (TPSA) is 0 Å². The van der Waals surface area contributed by atoms with E-state index in [4.69, 9.17) is 13.2 Å². The van der Waals surface area contributed by atoms with Crippen LogP contribution in [0.4, 0.5) is 0 Å². The molecule has 0 spiro atoms. The van der Waals surface area contributed by atoms with Crippen LogP contribution in [0.3, 0.4) is 0 Å². The minimum absolute atomic E-state index is 0. The summed E-state index contributed by atoms with van der Waals surface area (Å²) in [7, 11) is 0. The van der Waals surface area contributed by atoms with Crippen molar-refractivity contribution in [3.8, 4) is 0 Å². The Morgan fingerprint density at radius 3 is 1.33 bits per heavy atom. The Balaban J connectivity index is -0.000000405. The third-order valence-corrected chi connectivity index (χ3v) is 0.661. The zero-order chi connectivity index (χ0) is 7.66. The molecule has 2 radical (unpaired) electrons. The summed E-state index contributed by atoms with van der Waals surface area (Å²) in [6.45, 7) is 10.1. The quantitative estimate of drug-likeness (QED) is 0.552. The molecule has 0 fully saturated rings. The van der Waals surface area contributed by atoms with Crippen molar-refractivity contribution in [3.05, 3.63) is 61.8 Å². The molecule has 0 bridgehead atoms. The van der Waals surface area contributed by atoms with Gasteiger partial charge in [0.15, 0.2) is 0 Å². The summed E-state index contributed by atoms with van der Waals surface area (Å²) in [5.74, 6) is 0. The van der Waals surface area contributed by atoms with Crippen LogP contribution in [0.2, 0.25) is 0 Å². The maximum absolute atomic E-state index is 5.04. The number of rotatable bonds is 4. The van der Waals surface area contributed by atoms with Gasteiger partial charge in [-0.3, -0.25) is 12.2 Å². The van der Waals surface area contributed by atoms with Crippen LogP contribution in [0.1, 0.15) is 0 Å². The maximum Gasteiger partial charge on any atom is 0 e. The number of hydrogen-bond donors (Lipinski definition) is 0. The molecule has 0 saturated heterocycles. The van der Waals surface area contributed by atoms with Crippen molar-refractivity contribution < 1.29 is 65.4 Å². The van der Waals surface area contributed by atoms with Gasteiger partial charge in [-0.2, -0.15) is 0 Å². The van der Waals surface area contributed by atoms with Crippen molar-refractivity contribution in [1.29, 1.82) is 0 Å². The molecule has 0 aromatic carbocycles. The Morgan fingerprint density at radius 2 is 1.08 bits per heavy atom. The van der Waals surface area contributed by atoms with Crippen molar-refractivity contribution in [1.82, 2.24) is 0 Å². The second-order valence-electron chi connectivity index (χ2n) is 1.38. The fourth-order valence-electron chi connectivity index (χ4n) is 0.318.